The van der Waals surface area contributed by atoms with Gasteiger partial charge < -0.3 is 20.0 Å². The van der Waals surface area contributed by atoms with Crippen molar-refractivity contribution in [1.82, 2.24) is 15.1 Å². The Morgan fingerprint density at radius 3 is 2.50 bits per heavy atom. The average molecular weight is 351 g/mol. The summed E-state index contributed by atoms with van der Waals surface area (Å²) in [4.78, 5) is 30.5. The van der Waals surface area contributed by atoms with E-state index in [4.69, 9.17) is 11.6 Å². The molecule has 7 heteroatoms. The van der Waals surface area contributed by atoms with Crippen LogP contribution in [0.4, 0.5) is 10.5 Å². The quantitative estimate of drug-likeness (QED) is 0.904. The van der Waals surface area contributed by atoms with E-state index in [9.17, 15) is 9.59 Å². The summed E-state index contributed by atoms with van der Waals surface area (Å²) in [6.07, 6.45) is 0.337. The number of halogens is 1. The molecule has 1 N–H and O–H groups in total. The highest BCUT2D eigenvalue weighted by Gasteiger charge is 2.32. The first kappa shape index (κ1) is 17.0. The number of nitrogens with zero attached hydrogens (tertiary/aromatic N) is 3. The van der Waals surface area contributed by atoms with Crippen molar-refractivity contribution in [1.29, 1.82) is 0 Å². The van der Waals surface area contributed by atoms with Gasteiger partial charge in [0.1, 0.15) is 0 Å². The van der Waals surface area contributed by atoms with Crippen molar-refractivity contribution < 1.29 is 9.59 Å². The Hall–Kier alpha value is -1.79. The predicted octanol–water partition coefficient (Wildman–Crippen LogP) is 1.79. The maximum atomic E-state index is 12.4. The minimum absolute atomic E-state index is 0.0263. The first-order chi connectivity index (χ1) is 11.6. The monoisotopic (exact) mass is 350 g/mol. The minimum atomic E-state index is -0.148. The van der Waals surface area contributed by atoms with E-state index in [2.05, 4.69) is 17.1 Å². The van der Waals surface area contributed by atoms with Crippen LogP contribution in [-0.2, 0) is 4.79 Å². The highest BCUT2D eigenvalue weighted by Crippen LogP contribution is 2.23. The van der Waals surface area contributed by atoms with E-state index >= 15 is 0 Å². The number of carbonyl (C=O) groups excluding carboxylic acids is 2. The van der Waals surface area contributed by atoms with Gasteiger partial charge in [0.05, 0.1) is 6.04 Å². The summed E-state index contributed by atoms with van der Waals surface area (Å²) in [5, 5.41) is 3.64. The number of hydrogen-bond acceptors (Lipinski definition) is 3. The van der Waals surface area contributed by atoms with Gasteiger partial charge in [0.15, 0.2) is 0 Å². The van der Waals surface area contributed by atoms with Crippen LogP contribution in [0.15, 0.2) is 24.3 Å². The van der Waals surface area contributed by atoms with Crippen molar-refractivity contribution in [2.45, 2.75) is 19.4 Å². The smallest absolute Gasteiger partial charge is 0.317 e. The molecule has 0 radical (unpaired) electrons. The molecular formula is C17H23ClN4O2. The number of nitrogens with one attached hydrogen (secondary N) is 1. The summed E-state index contributed by atoms with van der Waals surface area (Å²) in [6.45, 7) is 6.94. The van der Waals surface area contributed by atoms with Gasteiger partial charge in [-0.1, -0.05) is 18.5 Å². The summed E-state index contributed by atoms with van der Waals surface area (Å²) < 4.78 is 0. The minimum Gasteiger partial charge on any atom is -0.333 e. The summed E-state index contributed by atoms with van der Waals surface area (Å²) in [5.41, 5.74) is 0.817. The second kappa shape index (κ2) is 7.40. The van der Waals surface area contributed by atoms with Crippen molar-refractivity contribution in [3.8, 4) is 0 Å². The normalized spacial score (nSPS) is 22.1. The van der Waals surface area contributed by atoms with Crippen LogP contribution < -0.4 is 10.2 Å². The lowest BCUT2D eigenvalue weighted by molar-refractivity contribution is -0.117. The number of amides is 3. The Bertz CT molecular complexity index is 599. The van der Waals surface area contributed by atoms with Gasteiger partial charge in [-0.25, -0.2) is 4.79 Å². The van der Waals surface area contributed by atoms with Gasteiger partial charge in [-0.05, 0) is 30.8 Å². The zero-order valence-corrected chi connectivity index (χ0v) is 14.6. The predicted molar refractivity (Wildman–Crippen MR) is 94.4 cm³/mol. The first-order valence-electron chi connectivity index (χ1n) is 8.40. The number of piperazine rings is 1. The van der Waals surface area contributed by atoms with Crippen molar-refractivity contribution in [2.24, 2.45) is 0 Å². The third-order valence-corrected chi connectivity index (χ3v) is 4.95. The molecule has 2 aliphatic heterocycles. The lowest BCUT2D eigenvalue weighted by atomic mass is 10.2. The zero-order valence-electron chi connectivity index (χ0n) is 13.9. The molecule has 2 fully saturated rings. The van der Waals surface area contributed by atoms with Gasteiger partial charge in [0, 0.05) is 49.9 Å². The van der Waals surface area contributed by atoms with Crippen LogP contribution in [-0.4, -0.2) is 67.0 Å². The van der Waals surface area contributed by atoms with Gasteiger partial charge >= 0.3 is 6.03 Å². The van der Waals surface area contributed by atoms with E-state index in [1.807, 2.05) is 17.0 Å². The molecule has 3 rings (SSSR count). The number of benzene rings is 1. The molecule has 1 aromatic carbocycles. The molecule has 2 saturated heterocycles. The van der Waals surface area contributed by atoms with Crippen LogP contribution in [0.25, 0.3) is 0 Å². The van der Waals surface area contributed by atoms with Gasteiger partial charge in [0.2, 0.25) is 5.91 Å². The molecule has 24 heavy (non-hydrogen) atoms. The second-order valence-corrected chi connectivity index (χ2v) is 6.69. The summed E-state index contributed by atoms with van der Waals surface area (Å²) >= 11 is 5.89. The molecule has 1 atom stereocenters. The van der Waals surface area contributed by atoms with Crippen LogP contribution in [0, 0.1) is 0 Å². The number of hydrogen-bond donors (Lipinski definition) is 1. The highest BCUT2D eigenvalue weighted by molar-refractivity contribution is 6.30. The Morgan fingerprint density at radius 1 is 1.21 bits per heavy atom. The Labute approximate surface area is 147 Å². The third-order valence-electron chi connectivity index (χ3n) is 4.70. The topological polar surface area (TPSA) is 55.9 Å². The van der Waals surface area contributed by atoms with Crippen molar-refractivity contribution in [3.05, 3.63) is 29.3 Å². The fraction of sp³-hybridized carbons (Fsp3) is 0.529. The van der Waals surface area contributed by atoms with E-state index in [0.717, 1.165) is 38.4 Å². The van der Waals surface area contributed by atoms with Crippen LogP contribution in [0.1, 0.15) is 13.3 Å². The highest BCUT2D eigenvalue weighted by atomic mass is 35.5. The molecule has 0 bridgehead atoms. The molecule has 0 aromatic heterocycles. The van der Waals surface area contributed by atoms with E-state index < -0.39 is 0 Å². The van der Waals surface area contributed by atoms with E-state index in [1.165, 1.54) is 0 Å². The van der Waals surface area contributed by atoms with Crippen molar-refractivity contribution in [3.63, 3.8) is 0 Å². The summed E-state index contributed by atoms with van der Waals surface area (Å²) in [7, 11) is 0. The molecule has 130 valence electrons. The lowest BCUT2D eigenvalue weighted by Crippen LogP contribution is -2.53. The Kier molecular flexibility index (Phi) is 5.26. The standard InChI is InChI=1S/C17H23ClN4O2/c1-2-20-7-9-21(10-8-20)17(24)19-14-11-16(23)22(12-14)15-5-3-13(18)4-6-15/h3-6,14H,2,7-12H2,1H3,(H,19,24)/t14-/m1/s1. The molecule has 2 heterocycles. The molecule has 2 aliphatic rings. The molecular weight excluding hydrogens is 328 g/mol. The van der Waals surface area contributed by atoms with Crippen LogP contribution >= 0.6 is 11.6 Å². The summed E-state index contributed by atoms with van der Waals surface area (Å²) in [5.74, 6) is 0.0263. The van der Waals surface area contributed by atoms with Crippen molar-refractivity contribution in [2.75, 3.05) is 44.2 Å². The second-order valence-electron chi connectivity index (χ2n) is 6.25. The van der Waals surface area contributed by atoms with Gasteiger partial charge in [-0.3, -0.25) is 4.79 Å². The molecule has 6 nitrogen and oxygen atoms in total. The molecule has 0 unspecified atom stereocenters. The molecule has 3 amide bonds. The molecule has 0 saturated carbocycles. The van der Waals surface area contributed by atoms with Crippen LogP contribution in [0.2, 0.25) is 5.02 Å². The molecule has 1 aromatic rings. The summed E-state index contributed by atoms with van der Waals surface area (Å²) in [6, 6.07) is 6.97. The van der Waals surface area contributed by atoms with Crippen LogP contribution in [0.5, 0.6) is 0 Å². The lowest BCUT2D eigenvalue weighted by Gasteiger charge is -2.34. The van der Waals surface area contributed by atoms with Gasteiger partial charge in [-0.2, -0.15) is 0 Å². The van der Waals surface area contributed by atoms with E-state index in [-0.39, 0.29) is 18.0 Å². The molecule has 0 aliphatic carbocycles. The fourth-order valence-electron chi connectivity index (χ4n) is 3.21. The SMILES string of the molecule is CCN1CCN(C(=O)N[C@@H]2CC(=O)N(c3ccc(Cl)cc3)C2)CC1. The number of rotatable bonds is 3. The fourth-order valence-corrected chi connectivity index (χ4v) is 3.33. The maximum Gasteiger partial charge on any atom is 0.317 e. The Balaban J connectivity index is 1.54. The Morgan fingerprint density at radius 2 is 1.88 bits per heavy atom. The average Bonchev–Trinajstić information content (AvgIpc) is 2.96. The van der Waals surface area contributed by atoms with Gasteiger partial charge in [-0.15, -0.1) is 0 Å². The maximum absolute atomic E-state index is 12.4. The van der Waals surface area contributed by atoms with Crippen LogP contribution in [0.3, 0.4) is 0 Å². The van der Waals surface area contributed by atoms with Gasteiger partial charge in [0.25, 0.3) is 0 Å². The first-order valence-corrected chi connectivity index (χ1v) is 8.78. The van der Waals surface area contributed by atoms with E-state index in [1.54, 1.807) is 17.0 Å². The number of urea groups is 1. The largest absolute Gasteiger partial charge is 0.333 e. The number of likely N-dealkylation sites (N-methyl/N-ethyl adjacent to an activating group) is 1. The molecule has 0 spiro atoms. The number of carbonyl (C=O) groups is 2. The number of anilines is 1. The zero-order chi connectivity index (χ0) is 17.1. The van der Waals surface area contributed by atoms with Crippen molar-refractivity contribution >= 4 is 29.2 Å². The third kappa shape index (κ3) is 3.82. The van der Waals surface area contributed by atoms with E-state index in [0.29, 0.717) is 18.0 Å².